The van der Waals surface area contributed by atoms with Crippen molar-refractivity contribution in [3.05, 3.63) is 23.8 Å². The van der Waals surface area contributed by atoms with Crippen LogP contribution in [-0.2, 0) is 9.59 Å². The van der Waals surface area contributed by atoms with E-state index >= 15 is 0 Å². The van der Waals surface area contributed by atoms with Crippen LogP contribution in [-0.4, -0.2) is 31.1 Å². The molecule has 0 aliphatic heterocycles. The van der Waals surface area contributed by atoms with E-state index in [4.69, 9.17) is 5.11 Å². The highest BCUT2D eigenvalue weighted by molar-refractivity contribution is 6.07. The first-order valence-corrected chi connectivity index (χ1v) is 5.99. The van der Waals surface area contributed by atoms with Gasteiger partial charge in [0.2, 0.25) is 5.91 Å². The lowest BCUT2D eigenvalue weighted by Gasteiger charge is -2.20. The highest BCUT2D eigenvalue weighted by atomic mass is 16.4. The van der Waals surface area contributed by atoms with Gasteiger partial charge < -0.3 is 15.3 Å². The second-order valence-corrected chi connectivity index (χ2v) is 5.28. The van der Waals surface area contributed by atoms with Gasteiger partial charge in [-0.1, -0.05) is 6.07 Å². The molecule has 0 aliphatic carbocycles. The monoisotopic (exact) mass is 264 g/mol. The third-order valence-electron chi connectivity index (χ3n) is 3.05. The van der Waals surface area contributed by atoms with Crippen molar-refractivity contribution >= 4 is 23.3 Å². The van der Waals surface area contributed by atoms with Crippen molar-refractivity contribution in [2.75, 3.05) is 24.3 Å². The van der Waals surface area contributed by atoms with Crippen LogP contribution in [0.1, 0.15) is 19.4 Å². The van der Waals surface area contributed by atoms with Crippen molar-refractivity contribution < 1.29 is 14.7 Å². The molecule has 0 bridgehead atoms. The molecule has 104 valence electrons. The minimum absolute atomic E-state index is 0.534. The van der Waals surface area contributed by atoms with Gasteiger partial charge in [0.1, 0.15) is 5.41 Å². The van der Waals surface area contributed by atoms with Crippen LogP contribution >= 0.6 is 0 Å². The average molecular weight is 264 g/mol. The molecule has 0 radical (unpaired) electrons. The number of anilines is 2. The quantitative estimate of drug-likeness (QED) is 0.817. The number of nitrogens with one attached hydrogen (secondary N) is 1. The van der Waals surface area contributed by atoms with Gasteiger partial charge in [-0.3, -0.25) is 9.59 Å². The van der Waals surface area contributed by atoms with Crippen molar-refractivity contribution in [1.82, 2.24) is 0 Å². The molecule has 19 heavy (non-hydrogen) atoms. The van der Waals surface area contributed by atoms with Gasteiger partial charge in [-0.2, -0.15) is 0 Å². The first-order valence-electron chi connectivity index (χ1n) is 5.99. The lowest BCUT2D eigenvalue weighted by atomic mass is 9.92. The van der Waals surface area contributed by atoms with Crippen molar-refractivity contribution in [2.24, 2.45) is 5.41 Å². The highest BCUT2D eigenvalue weighted by Gasteiger charge is 2.36. The Hall–Kier alpha value is -2.04. The molecule has 5 heteroatoms. The molecular formula is C14H20N2O3. The fraction of sp³-hybridized carbons (Fsp3) is 0.429. The number of carbonyl (C=O) groups excluding carboxylic acids is 1. The van der Waals surface area contributed by atoms with E-state index in [1.165, 1.54) is 13.8 Å². The van der Waals surface area contributed by atoms with Crippen LogP contribution in [0.4, 0.5) is 11.4 Å². The zero-order valence-electron chi connectivity index (χ0n) is 11.9. The molecule has 1 aromatic rings. The van der Waals surface area contributed by atoms with Gasteiger partial charge in [-0.05, 0) is 38.5 Å². The van der Waals surface area contributed by atoms with Crippen LogP contribution in [0.5, 0.6) is 0 Å². The number of nitrogens with zero attached hydrogens (tertiary/aromatic N) is 1. The summed E-state index contributed by atoms with van der Waals surface area (Å²) < 4.78 is 0. The topological polar surface area (TPSA) is 69.6 Å². The summed E-state index contributed by atoms with van der Waals surface area (Å²) in [6.07, 6.45) is 0. The van der Waals surface area contributed by atoms with Gasteiger partial charge in [0.15, 0.2) is 0 Å². The van der Waals surface area contributed by atoms with Crippen molar-refractivity contribution in [2.45, 2.75) is 20.8 Å². The maximum atomic E-state index is 11.9. The van der Waals surface area contributed by atoms with Crippen molar-refractivity contribution in [3.8, 4) is 0 Å². The first kappa shape index (κ1) is 15.0. The van der Waals surface area contributed by atoms with E-state index in [0.29, 0.717) is 5.69 Å². The normalized spacial score (nSPS) is 11.0. The number of amides is 1. The van der Waals surface area contributed by atoms with Gasteiger partial charge in [0, 0.05) is 25.5 Å². The summed E-state index contributed by atoms with van der Waals surface area (Å²) >= 11 is 0. The number of carboxylic acids is 1. The third-order valence-corrected chi connectivity index (χ3v) is 3.05. The third kappa shape index (κ3) is 3.24. The van der Waals surface area contributed by atoms with Crippen molar-refractivity contribution in [3.63, 3.8) is 0 Å². The Balaban J connectivity index is 2.98. The summed E-state index contributed by atoms with van der Waals surface area (Å²) in [6, 6.07) is 5.47. The van der Waals surface area contributed by atoms with E-state index in [0.717, 1.165) is 11.3 Å². The van der Waals surface area contributed by atoms with E-state index in [-0.39, 0.29) is 0 Å². The summed E-state index contributed by atoms with van der Waals surface area (Å²) in [5, 5.41) is 11.6. The Kier molecular flexibility index (Phi) is 4.19. The number of carbonyl (C=O) groups is 2. The minimum atomic E-state index is -1.46. The summed E-state index contributed by atoms with van der Waals surface area (Å²) in [5.74, 6) is -1.68. The Bertz CT molecular complexity index is 507. The van der Waals surface area contributed by atoms with E-state index in [9.17, 15) is 9.59 Å². The molecule has 1 rings (SSSR count). The highest BCUT2D eigenvalue weighted by Crippen LogP contribution is 2.24. The standard InChI is InChI=1S/C14H20N2O3/c1-9-6-7-10(8-11(9)16(4)5)15-12(17)14(2,3)13(18)19/h6-8H,1-5H3,(H,15,17)(H,18,19). The Morgan fingerprint density at radius 1 is 1.26 bits per heavy atom. The summed E-state index contributed by atoms with van der Waals surface area (Å²) in [4.78, 5) is 24.9. The van der Waals surface area contributed by atoms with E-state index < -0.39 is 17.3 Å². The van der Waals surface area contributed by atoms with Crippen LogP contribution in [0.3, 0.4) is 0 Å². The fourth-order valence-corrected chi connectivity index (χ4v) is 1.55. The van der Waals surface area contributed by atoms with E-state index in [2.05, 4.69) is 5.32 Å². The minimum Gasteiger partial charge on any atom is -0.480 e. The summed E-state index contributed by atoms with van der Waals surface area (Å²) in [6.45, 7) is 4.74. The maximum absolute atomic E-state index is 11.9. The number of hydrogen-bond donors (Lipinski definition) is 2. The first-order chi connectivity index (χ1) is 8.66. The number of benzene rings is 1. The molecule has 0 fully saturated rings. The lowest BCUT2D eigenvalue weighted by molar-refractivity contribution is -0.151. The molecular weight excluding hydrogens is 244 g/mol. The second kappa shape index (κ2) is 5.30. The van der Waals surface area contributed by atoms with Gasteiger partial charge >= 0.3 is 5.97 Å². The molecule has 5 nitrogen and oxygen atoms in total. The SMILES string of the molecule is Cc1ccc(NC(=O)C(C)(C)C(=O)O)cc1N(C)C. The Labute approximate surface area is 113 Å². The van der Waals surface area contributed by atoms with Gasteiger partial charge in [0.05, 0.1) is 0 Å². The zero-order valence-corrected chi connectivity index (χ0v) is 11.9. The number of rotatable bonds is 4. The molecule has 0 saturated heterocycles. The smallest absolute Gasteiger partial charge is 0.318 e. The molecule has 0 aromatic heterocycles. The maximum Gasteiger partial charge on any atom is 0.318 e. The molecule has 0 heterocycles. The van der Waals surface area contributed by atoms with Gasteiger partial charge in [-0.15, -0.1) is 0 Å². The molecule has 0 atom stereocenters. The molecule has 0 spiro atoms. The van der Waals surface area contributed by atoms with Crippen LogP contribution in [0.2, 0.25) is 0 Å². The fourth-order valence-electron chi connectivity index (χ4n) is 1.55. The Morgan fingerprint density at radius 3 is 2.32 bits per heavy atom. The number of aliphatic carboxylic acids is 1. The zero-order chi connectivity index (χ0) is 14.8. The number of hydrogen-bond acceptors (Lipinski definition) is 3. The Morgan fingerprint density at radius 2 is 1.84 bits per heavy atom. The largest absolute Gasteiger partial charge is 0.480 e. The summed E-state index contributed by atoms with van der Waals surface area (Å²) in [7, 11) is 3.82. The molecule has 0 saturated carbocycles. The molecule has 0 aliphatic rings. The molecule has 1 aromatic carbocycles. The van der Waals surface area contributed by atoms with E-state index in [1.54, 1.807) is 6.07 Å². The van der Waals surface area contributed by atoms with Crippen LogP contribution in [0, 0.1) is 12.3 Å². The van der Waals surface area contributed by atoms with Gasteiger partial charge in [0.25, 0.3) is 0 Å². The molecule has 2 N–H and O–H groups in total. The summed E-state index contributed by atoms with van der Waals surface area (Å²) in [5.41, 5.74) is 1.20. The van der Waals surface area contributed by atoms with Crippen LogP contribution in [0.25, 0.3) is 0 Å². The van der Waals surface area contributed by atoms with Crippen LogP contribution in [0.15, 0.2) is 18.2 Å². The van der Waals surface area contributed by atoms with Gasteiger partial charge in [-0.25, -0.2) is 0 Å². The number of aryl methyl sites for hydroxylation is 1. The molecule has 1 amide bonds. The predicted octanol–water partition coefficient (Wildman–Crippen LogP) is 2.11. The lowest BCUT2D eigenvalue weighted by Crippen LogP contribution is -2.37. The predicted molar refractivity (Wildman–Crippen MR) is 75.6 cm³/mol. The van der Waals surface area contributed by atoms with Crippen LogP contribution < -0.4 is 10.2 Å². The number of carboxylic acid groups (broad SMARTS) is 1. The average Bonchev–Trinajstić information content (AvgIpc) is 2.30. The van der Waals surface area contributed by atoms with Crippen molar-refractivity contribution in [1.29, 1.82) is 0 Å². The molecule has 0 unspecified atom stereocenters. The van der Waals surface area contributed by atoms with E-state index in [1.807, 2.05) is 38.1 Å². The second-order valence-electron chi connectivity index (χ2n) is 5.28.